The molecule has 0 aliphatic carbocycles. The largest absolute Gasteiger partial charge is 0.497 e. The summed E-state index contributed by atoms with van der Waals surface area (Å²) < 4.78 is 10.9. The smallest absolute Gasteiger partial charge is 0.200 e. The highest BCUT2D eigenvalue weighted by Crippen LogP contribution is 2.22. The molecule has 0 radical (unpaired) electrons. The molecule has 0 atom stereocenters. The molecular formula is C15H12O3. The molecule has 0 bridgehead atoms. The Hall–Kier alpha value is -2.29. The number of hydrogen-bond acceptors (Lipinski definition) is 3. The first-order valence-corrected chi connectivity index (χ1v) is 5.70. The number of hydrogen-bond donors (Lipinski definition) is 0. The fraction of sp³-hybridized carbons (Fsp3) is 0.133. The summed E-state index contributed by atoms with van der Waals surface area (Å²) in [7, 11) is 1.58. The molecule has 1 aromatic heterocycles. The van der Waals surface area contributed by atoms with Crippen molar-refractivity contribution in [3.8, 4) is 5.75 Å². The Morgan fingerprint density at radius 3 is 2.39 bits per heavy atom. The minimum atomic E-state index is -0.0196. The van der Waals surface area contributed by atoms with Crippen molar-refractivity contribution in [3.05, 3.63) is 52.2 Å². The van der Waals surface area contributed by atoms with E-state index in [9.17, 15) is 4.79 Å². The molecule has 2 aromatic carbocycles. The van der Waals surface area contributed by atoms with Crippen LogP contribution in [0.3, 0.4) is 0 Å². The molecule has 0 aliphatic rings. The van der Waals surface area contributed by atoms with Crippen molar-refractivity contribution in [3.63, 3.8) is 0 Å². The summed E-state index contributed by atoms with van der Waals surface area (Å²) in [6.07, 6.45) is 0. The van der Waals surface area contributed by atoms with E-state index in [2.05, 4.69) is 0 Å². The number of aryl methyl sites for hydroxylation is 1. The van der Waals surface area contributed by atoms with E-state index in [4.69, 9.17) is 9.15 Å². The van der Waals surface area contributed by atoms with Gasteiger partial charge >= 0.3 is 0 Å². The highest BCUT2D eigenvalue weighted by Gasteiger charge is 2.08. The molecule has 0 N–H and O–H groups in total. The average molecular weight is 240 g/mol. The predicted octanol–water partition coefficient (Wildman–Crippen LogP) is 3.26. The summed E-state index contributed by atoms with van der Waals surface area (Å²) in [5.74, 6) is 0.654. The molecule has 0 saturated carbocycles. The van der Waals surface area contributed by atoms with Gasteiger partial charge in [0, 0.05) is 0 Å². The lowest BCUT2D eigenvalue weighted by Crippen LogP contribution is -2.02. The zero-order valence-corrected chi connectivity index (χ0v) is 10.2. The van der Waals surface area contributed by atoms with Gasteiger partial charge in [0.25, 0.3) is 0 Å². The molecule has 90 valence electrons. The van der Waals surface area contributed by atoms with Crippen LogP contribution >= 0.6 is 0 Å². The van der Waals surface area contributed by atoms with Crippen LogP contribution in [0.15, 0.2) is 45.6 Å². The van der Waals surface area contributed by atoms with Crippen LogP contribution in [0.2, 0.25) is 0 Å². The van der Waals surface area contributed by atoms with E-state index in [0.29, 0.717) is 27.7 Å². The minimum absolute atomic E-state index is 0.0196. The lowest BCUT2D eigenvalue weighted by atomic mass is 10.1. The van der Waals surface area contributed by atoms with Gasteiger partial charge < -0.3 is 9.15 Å². The van der Waals surface area contributed by atoms with Gasteiger partial charge in [-0.3, -0.25) is 4.79 Å². The Balaban J connectivity index is 2.49. The van der Waals surface area contributed by atoms with E-state index < -0.39 is 0 Å². The molecule has 0 aliphatic heterocycles. The maximum absolute atomic E-state index is 12.4. The average Bonchev–Trinajstić information content (AvgIpc) is 2.40. The van der Waals surface area contributed by atoms with Crippen LogP contribution in [0.25, 0.3) is 21.9 Å². The summed E-state index contributed by atoms with van der Waals surface area (Å²) >= 11 is 0. The van der Waals surface area contributed by atoms with Crippen molar-refractivity contribution in [2.75, 3.05) is 7.11 Å². The second-order valence-electron chi connectivity index (χ2n) is 4.29. The molecule has 3 nitrogen and oxygen atoms in total. The molecule has 1 heterocycles. The monoisotopic (exact) mass is 240 g/mol. The van der Waals surface area contributed by atoms with Crippen molar-refractivity contribution in [1.82, 2.24) is 0 Å². The molecule has 0 unspecified atom stereocenters. The fourth-order valence-electron chi connectivity index (χ4n) is 2.08. The molecule has 0 saturated heterocycles. The molecule has 0 fully saturated rings. The maximum Gasteiger partial charge on any atom is 0.200 e. The Morgan fingerprint density at radius 2 is 1.67 bits per heavy atom. The van der Waals surface area contributed by atoms with Crippen molar-refractivity contribution >= 4 is 21.9 Å². The van der Waals surface area contributed by atoms with Crippen LogP contribution in [-0.4, -0.2) is 7.11 Å². The van der Waals surface area contributed by atoms with Crippen molar-refractivity contribution < 1.29 is 9.15 Å². The van der Waals surface area contributed by atoms with Crippen molar-refractivity contribution in [2.24, 2.45) is 0 Å². The number of benzene rings is 2. The number of ether oxygens (including phenoxy) is 1. The third kappa shape index (κ3) is 1.56. The topological polar surface area (TPSA) is 39.4 Å². The lowest BCUT2D eigenvalue weighted by Gasteiger charge is -2.04. The number of rotatable bonds is 1. The Morgan fingerprint density at radius 1 is 1.00 bits per heavy atom. The van der Waals surface area contributed by atoms with Crippen molar-refractivity contribution in [2.45, 2.75) is 6.92 Å². The molecule has 0 spiro atoms. The first-order chi connectivity index (χ1) is 8.69. The zero-order chi connectivity index (χ0) is 12.7. The second kappa shape index (κ2) is 3.88. The van der Waals surface area contributed by atoms with E-state index in [1.165, 1.54) is 0 Å². The minimum Gasteiger partial charge on any atom is -0.497 e. The van der Waals surface area contributed by atoms with Gasteiger partial charge in [-0.2, -0.15) is 0 Å². The van der Waals surface area contributed by atoms with Crippen LogP contribution in [0.1, 0.15) is 5.56 Å². The molecule has 3 rings (SSSR count). The predicted molar refractivity (Wildman–Crippen MR) is 71.3 cm³/mol. The highest BCUT2D eigenvalue weighted by atomic mass is 16.5. The molecule has 18 heavy (non-hydrogen) atoms. The first-order valence-electron chi connectivity index (χ1n) is 5.70. The van der Waals surface area contributed by atoms with Crippen LogP contribution in [0.4, 0.5) is 0 Å². The Bertz CT molecular complexity index is 800. The van der Waals surface area contributed by atoms with E-state index in [0.717, 1.165) is 5.56 Å². The summed E-state index contributed by atoms with van der Waals surface area (Å²) in [6.45, 7) is 1.95. The zero-order valence-electron chi connectivity index (χ0n) is 10.2. The summed E-state index contributed by atoms with van der Waals surface area (Å²) in [5.41, 5.74) is 2.21. The van der Waals surface area contributed by atoms with Gasteiger partial charge in [0.05, 0.1) is 17.9 Å². The van der Waals surface area contributed by atoms with Gasteiger partial charge in [0.15, 0.2) is 0 Å². The Labute approximate surface area is 104 Å². The third-order valence-electron chi connectivity index (χ3n) is 3.03. The third-order valence-corrected chi connectivity index (χ3v) is 3.03. The lowest BCUT2D eigenvalue weighted by molar-refractivity contribution is 0.415. The highest BCUT2D eigenvalue weighted by molar-refractivity contribution is 5.90. The number of methoxy groups -OCH3 is 1. The SMILES string of the molecule is COc1ccc2oc3ccc(C)cc3c(=O)c2c1. The van der Waals surface area contributed by atoms with E-state index in [1.807, 2.05) is 25.1 Å². The first kappa shape index (κ1) is 10.8. The molecular weight excluding hydrogens is 228 g/mol. The van der Waals surface area contributed by atoms with Gasteiger partial charge in [0.2, 0.25) is 5.43 Å². The fourth-order valence-corrected chi connectivity index (χ4v) is 2.08. The maximum atomic E-state index is 12.4. The summed E-state index contributed by atoms with van der Waals surface area (Å²) in [4.78, 5) is 12.4. The molecule has 0 amide bonds. The summed E-state index contributed by atoms with van der Waals surface area (Å²) in [6, 6.07) is 10.9. The van der Waals surface area contributed by atoms with Crippen LogP contribution in [0, 0.1) is 6.92 Å². The van der Waals surface area contributed by atoms with Gasteiger partial charge in [0.1, 0.15) is 16.9 Å². The van der Waals surface area contributed by atoms with Crippen LogP contribution < -0.4 is 10.2 Å². The van der Waals surface area contributed by atoms with E-state index in [1.54, 1.807) is 25.3 Å². The van der Waals surface area contributed by atoms with Crippen LogP contribution in [-0.2, 0) is 0 Å². The van der Waals surface area contributed by atoms with E-state index in [-0.39, 0.29) is 5.43 Å². The van der Waals surface area contributed by atoms with Gasteiger partial charge in [-0.05, 0) is 37.3 Å². The summed E-state index contributed by atoms with van der Waals surface area (Å²) in [5, 5.41) is 1.16. The van der Waals surface area contributed by atoms with Gasteiger partial charge in [-0.25, -0.2) is 0 Å². The van der Waals surface area contributed by atoms with Gasteiger partial charge in [-0.15, -0.1) is 0 Å². The molecule has 3 aromatic rings. The standard InChI is InChI=1S/C15H12O3/c1-9-3-5-13-11(7-9)15(16)12-8-10(17-2)4-6-14(12)18-13/h3-8H,1-2H3. The van der Waals surface area contributed by atoms with Crippen molar-refractivity contribution in [1.29, 1.82) is 0 Å². The second-order valence-corrected chi connectivity index (χ2v) is 4.29. The van der Waals surface area contributed by atoms with Crippen LogP contribution in [0.5, 0.6) is 5.75 Å². The molecule has 3 heteroatoms. The number of fused-ring (bicyclic) bond motifs is 2. The normalized spacial score (nSPS) is 11.0. The quantitative estimate of drug-likeness (QED) is 0.613. The van der Waals surface area contributed by atoms with E-state index >= 15 is 0 Å². The Kier molecular flexibility index (Phi) is 2.33. The van der Waals surface area contributed by atoms with Gasteiger partial charge in [-0.1, -0.05) is 11.6 Å².